The summed E-state index contributed by atoms with van der Waals surface area (Å²) in [7, 11) is 0. The number of rotatable bonds is 3. The van der Waals surface area contributed by atoms with Gasteiger partial charge in [0.2, 0.25) is 0 Å². The first-order valence-electron chi connectivity index (χ1n) is 12.4. The first kappa shape index (κ1) is 24.9. The molecule has 1 aliphatic heterocycles. The van der Waals surface area contributed by atoms with Gasteiger partial charge in [-0.3, -0.25) is 9.36 Å². The number of furan rings is 1. The highest BCUT2D eigenvalue weighted by molar-refractivity contribution is 9.10. The molecule has 192 valence electrons. The predicted molar refractivity (Wildman–Crippen MR) is 161 cm³/mol. The van der Waals surface area contributed by atoms with Crippen molar-refractivity contribution in [1.82, 2.24) is 4.57 Å². The molecule has 3 heterocycles. The third kappa shape index (κ3) is 4.27. The number of allylic oxidation sites excluding steroid dienone is 1. The molecule has 39 heavy (non-hydrogen) atoms. The molecule has 0 N–H and O–H groups in total. The van der Waals surface area contributed by atoms with Gasteiger partial charge in [0.15, 0.2) is 4.80 Å². The Labute approximate surface area is 246 Å². The molecule has 4 nitrogen and oxygen atoms in total. The molecule has 0 saturated carbocycles. The predicted octanol–water partition coefficient (Wildman–Crippen LogP) is 7.65. The van der Waals surface area contributed by atoms with Crippen LogP contribution in [0, 0.1) is 0 Å². The molecule has 0 saturated heterocycles. The maximum Gasteiger partial charge on any atom is 0.271 e. The highest BCUT2D eigenvalue weighted by Gasteiger charge is 2.32. The number of aryl methyl sites for hydroxylation is 1. The minimum absolute atomic E-state index is 0.0872. The molecular formula is C31H19BrCl2N2O2S. The molecule has 1 atom stereocenters. The molecule has 0 bridgehead atoms. The van der Waals surface area contributed by atoms with E-state index in [1.165, 1.54) is 22.5 Å². The third-order valence-electron chi connectivity index (χ3n) is 7.18. The van der Waals surface area contributed by atoms with E-state index in [1.807, 2.05) is 41.0 Å². The number of thiazole rings is 1. The van der Waals surface area contributed by atoms with Crippen molar-refractivity contribution in [3.63, 3.8) is 0 Å². The Hall–Kier alpha value is -3.16. The molecule has 0 fully saturated rings. The van der Waals surface area contributed by atoms with Gasteiger partial charge in [0.05, 0.1) is 26.3 Å². The van der Waals surface area contributed by atoms with Gasteiger partial charge in [-0.2, -0.15) is 0 Å². The third-order valence-corrected chi connectivity index (χ3v) is 9.51. The van der Waals surface area contributed by atoms with E-state index in [0.717, 1.165) is 34.1 Å². The zero-order valence-corrected chi connectivity index (χ0v) is 24.2. The van der Waals surface area contributed by atoms with Gasteiger partial charge in [0.25, 0.3) is 5.56 Å². The smallest absolute Gasteiger partial charge is 0.271 e. The minimum atomic E-state index is -0.225. The molecule has 2 aliphatic rings. The molecular weight excluding hydrogens is 615 g/mol. The first-order chi connectivity index (χ1) is 19.0. The molecule has 0 amide bonds. The average Bonchev–Trinajstić information content (AvgIpc) is 3.54. The summed E-state index contributed by atoms with van der Waals surface area (Å²) in [6.07, 6.45) is 3.55. The van der Waals surface area contributed by atoms with Crippen LogP contribution in [0.25, 0.3) is 23.1 Å². The number of fused-ring (bicyclic) bond motifs is 3. The van der Waals surface area contributed by atoms with Crippen LogP contribution >= 0.6 is 50.5 Å². The molecule has 0 radical (unpaired) electrons. The van der Waals surface area contributed by atoms with E-state index in [2.05, 4.69) is 52.3 Å². The highest BCUT2D eigenvalue weighted by atomic mass is 79.9. The lowest BCUT2D eigenvalue weighted by molar-refractivity contribution is 0.570. The average molecular weight is 634 g/mol. The number of aromatic nitrogens is 1. The van der Waals surface area contributed by atoms with Crippen LogP contribution in [-0.4, -0.2) is 4.57 Å². The summed E-state index contributed by atoms with van der Waals surface area (Å²) in [6, 6.07) is 25.5. The van der Waals surface area contributed by atoms with Crippen molar-refractivity contribution >= 4 is 62.2 Å². The molecule has 0 unspecified atom stereocenters. The van der Waals surface area contributed by atoms with Crippen LogP contribution in [0.15, 0.2) is 103 Å². The van der Waals surface area contributed by atoms with Crippen molar-refractivity contribution in [2.75, 3.05) is 0 Å². The SMILES string of the molecule is O=c1/c(=C/c2ccc(-c3cccc(Cl)c3Cl)o2)sc2n1[C@@H](c1ccc(Br)cc1)C1=C(N=2)c2ccccc2CC1. The van der Waals surface area contributed by atoms with Crippen molar-refractivity contribution in [2.45, 2.75) is 18.9 Å². The van der Waals surface area contributed by atoms with E-state index in [0.29, 0.717) is 36.5 Å². The largest absolute Gasteiger partial charge is 0.457 e. The summed E-state index contributed by atoms with van der Waals surface area (Å²) in [4.78, 5) is 19.7. The fourth-order valence-electron chi connectivity index (χ4n) is 5.37. The summed E-state index contributed by atoms with van der Waals surface area (Å²) >= 11 is 17.5. The van der Waals surface area contributed by atoms with Crippen LogP contribution in [-0.2, 0) is 6.42 Å². The summed E-state index contributed by atoms with van der Waals surface area (Å²) in [5.74, 6) is 1.14. The Morgan fingerprint density at radius 3 is 2.59 bits per heavy atom. The van der Waals surface area contributed by atoms with Crippen LogP contribution in [0.1, 0.15) is 34.9 Å². The molecule has 3 aromatic carbocycles. The summed E-state index contributed by atoms with van der Waals surface area (Å²) in [6.45, 7) is 0. The number of hydrogen-bond acceptors (Lipinski definition) is 4. The zero-order valence-electron chi connectivity index (χ0n) is 20.3. The van der Waals surface area contributed by atoms with Crippen molar-refractivity contribution in [3.05, 3.63) is 141 Å². The Kier molecular flexibility index (Phi) is 6.24. The summed E-state index contributed by atoms with van der Waals surface area (Å²) in [5, 5.41) is 0.888. The maximum atomic E-state index is 13.9. The van der Waals surface area contributed by atoms with Gasteiger partial charge in [0.1, 0.15) is 11.5 Å². The molecule has 0 spiro atoms. The van der Waals surface area contributed by atoms with Crippen LogP contribution < -0.4 is 14.9 Å². The molecule has 8 heteroatoms. The number of halogens is 3. The van der Waals surface area contributed by atoms with Crippen LogP contribution in [0.5, 0.6) is 0 Å². The van der Waals surface area contributed by atoms with Crippen molar-refractivity contribution < 1.29 is 4.42 Å². The first-order valence-corrected chi connectivity index (χ1v) is 14.8. The van der Waals surface area contributed by atoms with Crippen molar-refractivity contribution in [3.8, 4) is 11.3 Å². The lowest BCUT2D eigenvalue weighted by Gasteiger charge is -2.30. The maximum absolute atomic E-state index is 13.9. The minimum Gasteiger partial charge on any atom is -0.457 e. The second kappa shape index (κ2) is 9.79. The van der Waals surface area contributed by atoms with E-state index < -0.39 is 0 Å². The number of nitrogens with zero attached hydrogens (tertiary/aromatic N) is 2. The molecule has 7 rings (SSSR count). The van der Waals surface area contributed by atoms with Crippen LogP contribution in [0.4, 0.5) is 0 Å². The normalized spacial score (nSPS) is 16.5. The van der Waals surface area contributed by atoms with Gasteiger partial charge < -0.3 is 4.42 Å². The topological polar surface area (TPSA) is 47.5 Å². The quantitative estimate of drug-likeness (QED) is 0.205. The van der Waals surface area contributed by atoms with E-state index in [4.69, 9.17) is 32.6 Å². The lowest BCUT2D eigenvalue weighted by Crippen LogP contribution is -2.38. The molecule has 2 aromatic heterocycles. The second-order valence-electron chi connectivity index (χ2n) is 9.47. The van der Waals surface area contributed by atoms with Gasteiger partial charge in [-0.15, -0.1) is 0 Å². The molecule has 5 aromatic rings. The van der Waals surface area contributed by atoms with Gasteiger partial charge >= 0.3 is 0 Å². The standard InChI is InChI=1S/C31H19BrCl2N2O2S/c32-19-11-8-18(9-12-19)29-23-14-10-17-4-1-2-5-21(17)28(23)35-31-36(29)30(37)26(39-31)16-20-13-15-25(38-20)22-6-3-7-24(33)27(22)34/h1-9,11-13,15-16,29H,10,14H2/b26-16-/t29-/m0/s1. The Bertz CT molecular complexity index is 1990. The lowest BCUT2D eigenvalue weighted by atomic mass is 9.83. The van der Waals surface area contributed by atoms with Gasteiger partial charge in [-0.05, 0) is 65.9 Å². The van der Waals surface area contributed by atoms with Gasteiger partial charge in [-0.25, -0.2) is 4.99 Å². The Morgan fingerprint density at radius 1 is 0.949 bits per heavy atom. The van der Waals surface area contributed by atoms with E-state index >= 15 is 0 Å². The van der Waals surface area contributed by atoms with E-state index in [9.17, 15) is 4.79 Å². The van der Waals surface area contributed by atoms with Crippen LogP contribution in [0.3, 0.4) is 0 Å². The highest BCUT2D eigenvalue weighted by Crippen LogP contribution is 2.41. The molecule has 1 aliphatic carbocycles. The van der Waals surface area contributed by atoms with E-state index in [1.54, 1.807) is 12.1 Å². The van der Waals surface area contributed by atoms with E-state index in [-0.39, 0.29) is 11.6 Å². The van der Waals surface area contributed by atoms with Crippen molar-refractivity contribution in [1.29, 1.82) is 0 Å². The fraction of sp³-hybridized carbons (Fsp3) is 0.0968. The van der Waals surface area contributed by atoms with Crippen molar-refractivity contribution in [2.24, 2.45) is 4.99 Å². The number of benzene rings is 3. The summed E-state index contributed by atoms with van der Waals surface area (Å²) < 4.78 is 9.47. The number of hydrogen-bond donors (Lipinski definition) is 0. The second-order valence-corrected chi connectivity index (χ2v) is 12.2. The van der Waals surface area contributed by atoms with Gasteiger partial charge in [-0.1, -0.05) is 92.9 Å². The zero-order chi connectivity index (χ0) is 26.7. The Balaban J connectivity index is 1.40. The monoisotopic (exact) mass is 632 g/mol. The van der Waals surface area contributed by atoms with Crippen LogP contribution in [0.2, 0.25) is 10.0 Å². The fourth-order valence-corrected chi connectivity index (χ4v) is 7.00. The summed E-state index contributed by atoms with van der Waals surface area (Å²) in [5.41, 5.74) is 6.26. The Morgan fingerprint density at radius 2 is 1.74 bits per heavy atom. The van der Waals surface area contributed by atoms with Gasteiger partial charge in [0, 0.05) is 21.7 Å².